The minimum absolute atomic E-state index is 0.00477. The zero-order valence-electron chi connectivity index (χ0n) is 14.1. The molecule has 128 valence electrons. The van der Waals surface area contributed by atoms with Gasteiger partial charge in [0.25, 0.3) is 0 Å². The number of urea groups is 1. The summed E-state index contributed by atoms with van der Waals surface area (Å²) in [6.45, 7) is 4.42. The summed E-state index contributed by atoms with van der Waals surface area (Å²) >= 11 is 1.80. The molecule has 0 unspecified atom stereocenters. The van der Waals surface area contributed by atoms with E-state index in [4.69, 9.17) is 0 Å². The van der Waals surface area contributed by atoms with Gasteiger partial charge in [0.1, 0.15) is 0 Å². The average molecular weight is 336 g/mol. The number of rotatable bonds is 5. The van der Waals surface area contributed by atoms with E-state index in [2.05, 4.69) is 40.0 Å². The average Bonchev–Trinajstić information content (AvgIpc) is 3.22. The summed E-state index contributed by atoms with van der Waals surface area (Å²) in [5.41, 5.74) is 0. The topological polar surface area (TPSA) is 44.4 Å². The molecule has 2 fully saturated rings. The second-order valence-corrected chi connectivity index (χ2v) is 7.92. The zero-order chi connectivity index (χ0) is 16.1. The summed E-state index contributed by atoms with van der Waals surface area (Å²) < 4.78 is 0. The third kappa shape index (κ3) is 4.48. The minimum atomic E-state index is 0.00477. The summed E-state index contributed by atoms with van der Waals surface area (Å²) in [6.07, 6.45) is 8.58. The number of thiophene rings is 1. The third-order valence-corrected chi connectivity index (χ3v) is 6.08. The number of nitrogens with one attached hydrogen (secondary N) is 2. The first kappa shape index (κ1) is 16.8. The molecule has 2 aliphatic rings. The van der Waals surface area contributed by atoms with Gasteiger partial charge in [-0.2, -0.15) is 0 Å². The van der Waals surface area contributed by atoms with Gasteiger partial charge >= 0.3 is 6.03 Å². The van der Waals surface area contributed by atoms with E-state index in [0.717, 1.165) is 25.9 Å². The number of hydrogen-bond donors (Lipinski definition) is 2. The van der Waals surface area contributed by atoms with Gasteiger partial charge in [0.15, 0.2) is 0 Å². The first-order chi connectivity index (χ1) is 11.2. The molecule has 1 aliphatic heterocycles. The summed E-state index contributed by atoms with van der Waals surface area (Å²) in [5.74, 6) is 0. The van der Waals surface area contributed by atoms with E-state index >= 15 is 0 Å². The number of likely N-dealkylation sites (tertiary alicyclic amines) is 1. The largest absolute Gasteiger partial charge is 0.335 e. The molecule has 2 heterocycles. The Bertz CT molecular complexity index is 478. The Morgan fingerprint density at radius 1 is 1.22 bits per heavy atom. The van der Waals surface area contributed by atoms with E-state index in [1.165, 1.54) is 37.0 Å². The molecule has 1 aliphatic carbocycles. The van der Waals surface area contributed by atoms with Crippen molar-refractivity contribution in [1.29, 1.82) is 0 Å². The number of hydrogen-bond acceptors (Lipinski definition) is 3. The summed E-state index contributed by atoms with van der Waals surface area (Å²) in [5, 5.41) is 8.51. The molecule has 1 aromatic heterocycles. The van der Waals surface area contributed by atoms with Gasteiger partial charge in [0, 0.05) is 17.0 Å². The molecule has 1 aromatic rings. The monoisotopic (exact) mass is 335 g/mol. The molecule has 0 bridgehead atoms. The highest BCUT2D eigenvalue weighted by atomic mass is 32.1. The van der Waals surface area contributed by atoms with Gasteiger partial charge in [-0.3, -0.25) is 4.90 Å². The lowest BCUT2D eigenvalue weighted by molar-refractivity contribution is 0.192. The fourth-order valence-corrected chi connectivity index (χ4v) is 4.95. The Morgan fingerprint density at radius 3 is 2.61 bits per heavy atom. The molecule has 5 heteroatoms. The van der Waals surface area contributed by atoms with Crippen molar-refractivity contribution in [3.05, 3.63) is 22.4 Å². The van der Waals surface area contributed by atoms with Crippen LogP contribution in [-0.4, -0.2) is 36.1 Å². The third-order valence-electron chi connectivity index (χ3n) is 5.14. The van der Waals surface area contributed by atoms with Crippen molar-refractivity contribution < 1.29 is 4.79 Å². The Morgan fingerprint density at radius 2 is 1.96 bits per heavy atom. The number of nitrogens with zero attached hydrogens (tertiary/aromatic N) is 1. The van der Waals surface area contributed by atoms with Crippen molar-refractivity contribution in [2.75, 3.05) is 13.1 Å². The predicted octanol–water partition coefficient (Wildman–Crippen LogP) is 3.91. The second kappa shape index (κ2) is 8.15. The predicted molar refractivity (Wildman–Crippen MR) is 95.9 cm³/mol. The van der Waals surface area contributed by atoms with Gasteiger partial charge < -0.3 is 10.6 Å². The lowest BCUT2D eigenvalue weighted by Gasteiger charge is -2.33. The highest BCUT2D eigenvalue weighted by molar-refractivity contribution is 7.10. The van der Waals surface area contributed by atoms with Crippen molar-refractivity contribution in [1.82, 2.24) is 15.5 Å². The molecule has 1 saturated carbocycles. The molecule has 4 nitrogen and oxygen atoms in total. The van der Waals surface area contributed by atoms with Gasteiger partial charge in [-0.1, -0.05) is 25.3 Å². The van der Waals surface area contributed by atoms with Gasteiger partial charge in [-0.15, -0.1) is 11.3 Å². The van der Waals surface area contributed by atoms with Crippen LogP contribution in [0.15, 0.2) is 17.5 Å². The van der Waals surface area contributed by atoms with Crippen molar-refractivity contribution in [2.24, 2.45) is 0 Å². The first-order valence-electron chi connectivity index (χ1n) is 9.08. The van der Waals surface area contributed by atoms with Crippen LogP contribution in [0.2, 0.25) is 0 Å². The van der Waals surface area contributed by atoms with Crippen LogP contribution in [0.5, 0.6) is 0 Å². The lowest BCUT2D eigenvalue weighted by Crippen LogP contribution is -2.50. The van der Waals surface area contributed by atoms with Gasteiger partial charge in [0.05, 0.1) is 6.04 Å². The summed E-state index contributed by atoms with van der Waals surface area (Å²) in [4.78, 5) is 16.3. The molecule has 2 amide bonds. The fourth-order valence-electron chi connectivity index (χ4n) is 3.98. The molecular weight excluding hydrogens is 306 g/mol. The van der Waals surface area contributed by atoms with Crippen LogP contribution in [0.4, 0.5) is 4.79 Å². The molecule has 0 spiro atoms. The highest BCUT2D eigenvalue weighted by Crippen LogP contribution is 2.31. The smallest absolute Gasteiger partial charge is 0.315 e. The molecule has 1 saturated heterocycles. The molecule has 3 rings (SSSR count). The number of amides is 2. The standard InChI is InChI=1S/C18H29N3OS/c1-14(19-18(22)20-15-8-3-2-4-9-15)17(16-10-7-13-23-16)21-11-5-6-12-21/h7,10,13-15,17H,2-6,8-9,11-12H2,1H3,(H2,19,20,22)/t14-,17+/m0/s1. The van der Waals surface area contributed by atoms with Gasteiger partial charge in [-0.25, -0.2) is 4.79 Å². The minimum Gasteiger partial charge on any atom is -0.335 e. The summed E-state index contributed by atoms with van der Waals surface area (Å²) in [7, 11) is 0. The Hall–Kier alpha value is -1.07. The van der Waals surface area contributed by atoms with E-state index in [-0.39, 0.29) is 12.1 Å². The maximum Gasteiger partial charge on any atom is 0.315 e. The lowest BCUT2D eigenvalue weighted by atomic mass is 9.96. The first-order valence-corrected chi connectivity index (χ1v) is 9.96. The van der Waals surface area contributed by atoms with Crippen LogP contribution in [0.3, 0.4) is 0 Å². The molecule has 0 radical (unpaired) electrons. The SMILES string of the molecule is C[C@H](NC(=O)NC1CCCCC1)[C@H](c1cccs1)N1CCCC1. The maximum atomic E-state index is 12.4. The molecule has 0 aromatic carbocycles. The quantitative estimate of drug-likeness (QED) is 0.857. The molecule has 2 atom stereocenters. The molecular formula is C18H29N3OS. The normalized spacial score (nSPS) is 22.7. The Kier molecular flexibility index (Phi) is 5.95. The van der Waals surface area contributed by atoms with Crippen LogP contribution >= 0.6 is 11.3 Å². The Balaban J connectivity index is 1.59. The van der Waals surface area contributed by atoms with Crippen LogP contribution < -0.4 is 10.6 Å². The van der Waals surface area contributed by atoms with E-state index in [1.54, 1.807) is 11.3 Å². The van der Waals surface area contributed by atoms with E-state index in [1.807, 2.05) is 0 Å². The summed E-state index contributed by atoms with van der Waals surface area (Å²) in [6, 6.07) is 5.10. The van der Waals surface area contributed by atoms with Crippen molar-refractivity contribution >= 4 is 17.4 Å². The van der Waals surface area contributed by atoms with E-state index in [0.29, 0.717) is 12.1 Å². The van der Waals surface area contributed by atoms with Crippen molar-refractivity contribution in [2.45, 2.75) is 70.0 Å². The van der Waals surface area contributed by atoms with Crippen LogP contribution in [0.25, 0.3) is 0 Å². The van der Waals surface area contributed by atoms with Crippen molar-refractivity contribution in [3.8, 4) is 0 Å². The van der Waals surface area contributed by atoms with E-state index < -0.39 is 0 Å². The number of carbonyl (C=O) groups is 1. The van der Waals surface area contributed by atoms with Crippen LogP contribution in [0.1, 0.15) is 62.8 Å². The van der Waals surface area contributed by atoms with Crippen LogP contribution in [0, 0.1) is 0 Å². The van der Waals surface area contributed by atoms with E-state index in [9.17, 15) is 4.79 Å². The molecule has 23 heavy (non-hydrogen) atoms. The van der Waals surface area contributed by atoms with Crippen molar-refractivity contribution in [3.63, 3.8) is 0 Å². The van der Waals surface area contributed by atoms with Gasteiger partial charge in [-0.05, 0) is 57.1 Å². The van der Waals surface area contributed by atoms with Gasteiger partial charge in [0.2, 0.25) is 0 Å². The maximum absolute atomic E-state index is 12.4. The Labute approximate surface area is 143 Å². The zero-order valence-corrected chi connectivity index (χ0v) is 14.9. The van der Waals surface area contributed by atoms with Crippen LogP contribution in [-0.2, 0) is 0 Å². The molecule has 2 N–H and O–H groups in total. The fraction of sp³-hybridized carbons (Fsp3) is 0.722. The number of carbonyl (C=O) groups excluding carboxylic acids is 1. The second-order valence-electron chi connectivity index (χ2n) is 6.94. The highest BCUT2D eigenvalue weighted by Gasteiger charge is 2.30.